The minimum Gasteiger partial charge on any atom is -0.384 e. The summed E-state index contributed by atoms with van der Waals surface area (Å²) in [7, 11) is 0. The van der Waals surface area contributed by atoms with E-state index in [0.717, 1.165) is 10.0 Å². The van der Waals surface area contributed by atoms with E-state index in [1.807, 2.05) is 24.3 Å². The summed E-state index contributed by atoms with van der Waals surface area (Å²) >= 11 is 3.39. The van der Waals surface area contributed by atoms with Crippen LogP contribution in [0.5, 0.6) is 0 Å². The number of benzene rings is 2. The Morgan fingerprint density at radius 3 is 2.53 bits per heavy atom. The molecule has 0 heterocycles. The lowest BCUT2D eigenvalue weighted by Gasteiger charge is -2.14. The van der Waals surface area contributed by atoms with Crippen LogP contribution in [0, 0.1) is 12.7 Å². The molecule has 0 fully saturated rings. The molecule has 2 aromatic carbocycles. The fourth-order valence-electron chi connectivity index (χ4n) is 1.71. The largest absolute Gasteiger partial charge is 0.384 e. The third kappa shape index (κ3) is 2.56. The van der Waals surface area contributed by atoms with E-state index >= 15 is 0 Å². The highest BCUT2D eigenvalue weighted by atomic mass is 79.9. The quantitative estimate of drug-likeness (QED) is 0.888. The number of aliphatic hydroxyl groups is 1. The first kappa shape index (κ1) is 12.3. The molecule has 0 aliphatic carbocycles. The summed E-state index contributed by atoms with van der Waals surface area (Å²) in [5.74, 6) is -0.256. The van der Waals surface area contributed by atoms with Crippen LogP contribution in [0.2, 0.25) is 0 Å². The summed E-state index contributed by atoms with van der Waals surface area (Å²) in [5.41, 5.74) is 2.00. The summed E-state index contributed by atoms with van der Waals surface area (Å²) < 4.78 is 14.0. The molecule has 0 spiro atoms. The van der Waals surface area contributed by atoms with Gasteiger partial charge in [0, 0.05) is 4.47 Å². The van der Waals surface area contributed by atoms with Gasteiger partial charge in [0.05, 0.1) is 0 Å². The van der Waals surface area contributed by atoms with E-state index in [1.165, 1.54) is 6.07 Å². The van der Waals surface area contributed by atoms with Crippen molar-refractivity contribution in [3.63, 3.8) is 0 Å². The van der Waals surface area contributed by atoms with Crippen LogP contribution in [0.15, 0.2) is 46.9 Å². The smallest absolute Gasteiger partial charge is 0.126 e. The average Bonchev–Trinajstić information content (AvgIpc) is 2.32. The molecule has 0 amide bonds. The highest BCUT2D eigenvalue weighted by Gasteiger charge is 2.13. The molecule has 1 atom stereocenters. The van der Waals surface area contributed by atoms with Gasteiger partial charge >= 0.3 is 0 Å². The van der Waals surface area contributed by atoms with Gasteiger partial charge in [0.25, 0.3) is 0 Å². The van der Waals surface area contributed by atoms with Crippen LogP contribution in [0.3, 0.4) is 0 Å². The number of rotatable bonds is 2. The van der Waals surface area contributed by atoms with Gasteiger partial charge in [-0.2, -0.15) is 0 Å². The number of hydrogen-bond donors (Lipinski definition) is 1. The van der Waals surface area contributed by atoms with Crippen molar-refractivity contribution in [2.45, 2.75) is 13.0 Å². The Balaban J connectivity index is 2.40. The second-order valence-corrected chi connectivity index (χ2v) is 4.79. The minimum atomic E-state index is -0.745. The van der Waals surface area contributed by atoms with Crippen molar-refractivity contribution in [2.24, 2.45) is 0 Å². The third-order valence-electron chi connectivity index (χ3n) is 2.70. The van der Waals surface area contributed by atoms with Crippen molar-refractivity contribution in [1.29, 1.82) is 0 Å². The second-order valence-electron chi connectivity index (χ2n) is 3.93. The Morgan fingerprint density at radius 1 is 1.18 bits per heavy atom. The number of halogens is 2. The molecule has 1 N–H and O–H groups in total. The van der Waals surface area contributed by atoms with Crippen LogP contribution < -0.4 is 0 Å². The Hall–Kier alpha value is -1.19. The van der Waals surface area contributed by atoms with Gasteiger partial charge in [-0.1, -0.05) is 46.3 Å². The monoisotopic (exact) mass is 294 g/mol. The molecule has 3 heteroatoms. The zero-order valence-electron chi connectivity index (χ0n) is 9.32. The van der Waals surface area contributed by atoms with Crippen LogP contribution in [0.1, 0.15) is 22.8 Å². The maximum absolute atomic E-state index is 13.2. The van der Waals surface area contributed by atoms with Crippen LogP contribution in [-0.2, 0) is 0 Å². The molecule has 0 bridgehead atoms. The Bertz CT molecular complexity index is 539. The average molecular weight is 295 g/mol. The normalized spacial score (nSPS) is 12.5. The fraction of sp³-hybridized carbons (Fsp3) is 0.143. The molecule has 17 heavy (non-hydrogen) atoms. The van der Waals surface area contributed by atoms with Gasteiger partial charge in [-0.15, -0.1) is 0 Å². The van der Waals surface area contributed by atoms with Gasteiger partial charge in [0.15, 0.2) is 0 Å². The van der Waals surface area contributed by atoms with Gasteiger partial charge < -0.3 is 5.11 Å². The van der Waals surface area contributed by atoms with Gasteiger partial charge in [-0.3, -0.25) is 0 Å². The molecule has 2 aromatic rings. The number of aryl methyl sites for hydroxylation is 1. The fourth-order valence-corrected chi connectivity index (χ4v) is 2.22. The number of aliphatic hydroxyl groups excluding tert-OH is 1. The van der Waals surface area contributed by atoms with Crippen LogP contribution in [-0.4, -0.2) is 5.11 Å². The van der Waals surface area contributed by atoms with E-state index in [2.05, 4.69) is 15.9 Å². The maximum Gasteiger partial charge on any atom is 0.126 e. The summed E-state index contributed by atoms with van der Waals surface area (Å²) in [5, 5.41) is 10.2. The van der Waals surface area contributed by atoms with E-state index < -0.39 is 6.10 Å². The first-order valence-corrected chi connectivity index (χ1v) is 6.07. The third-order valence-corrected chi connectivity index (χ3v) is 3.42. The molecular weight excluding hydrogens is 283 g/mol. The Kier molecular flexibility index (Phi) is 3.60. The zero-order valence-corrected chi connectivity index (χ0v) is 10.9. The predicted octanol–water partition coefficient (Wildman–Crippen LogP) is 3.98. The molecule has 0 saturated heterocycles. The van der Waals surface area contributed by atoms with Crippen molar-refractivity contribution in [3.8, 4) is 0 Å². The maximum atomic E-state index is 13.2. The summed E-state index contributed by atoms with van der Waals surface area (Å²) in [6.45, 7) is 1.69. The SMILES string of the molecule is Cc1cc(C(O)c2ccccc2Br)ccc1F. The first-order valence-electron chi connectivity index (χ1n) is 5.28. The van der Waals surface area contributed by atoms with Crippen molar-refractivity contribution in [1.82, 2.24) is 0 Å². The van der Waals surface area contributed by atoms with Gasteiger partial charge in [-0.25, -0.2) is 4.39 Å². The number of hydrogen-bond acceptors (Lipinski definition) is 1. The minimum absolute atomic E-state index is 0.256. The summed E-state index contributed by atoms with van der Waals surface area (Å²) in [4.78, 5) is 0. The van der Waals surface area contributed by atoms with E-state index in [9.17, 15) is 9.50 Å². The van der Waals surface area contributed by atoms with Crippen molar-refractivity contribution >= 4 is 15.9 Å². The predicted molar refractivity (Wildman–Crippen MR) is 69.3 cm³/mol. The summed E-state index contributed by atoms with van der Waals surface area (Å²) in [6, 6.07) is 12.1. The second kappa shape index (κ2) is 4.98. The zero-order chi connectivity index (χ0) is 12.4. The highest BCUT2D eigenvalue weighted by Crippen LogP contribution is 2.28. The van der Waals surface area contributed by atoms with Crippen molar-refractivity contribution in [2.75, 3.05) is 0 Å². The molecular formula is C14H12BrFO. The van der Waals surface area contributed by atoms with Crippen LogP contribution in [0.25, 0.3) is 0 Å². The van der Waals surface area contributed by atoms with Gasteiger partial charge in [0.1, 0.15) is 11.9 Å². The highest BCUT2D eigenvalue weighted by molar-refractivity contribution is 9.10. The first-order chi connectivity index (χ1) is 8.09. The van der Waals surface area contributed by atoms with Gasteiger partial charge in [0.2, 0.25) is 0 Å². The molecule has 88 valence electrons. The van der Waals surface area contributed by atoms with E-state index in [4.69, 9.17) is 0 Å². The van der Waals surface area contributed by atoms with Crippen molar-refractivity contribution < 1.29 is 9.50 Å². The topological polar surface area (TPSA) is 20.2 Å². The van der Waals surface area contributed by atoms with Crippen molar-refractivity contribution in [3.05, 3.63) is 69.4 Å². The van der Waals surface area contributed by atoms with E-state index in [-0.39, 0.29) is 5.82 Å². The van der Waals surface area contributed by atoms with Gasteiger partial charge in [-0.05, 0) is 35.7 Å². The lowest BCUT2D eigenvalue weighted by atomic mass is 10.00. The molecule has 0 aliphatic heterocycles. The molecule has 1 nitrogen and oxygen atoms in total. The molecule has 0 radical (unpaired) electrons. The molecule has 0 aliphatic rings. The lowest BCUT2D eigenvalue weighted by Crippen LogP contribution is -2.01. The molecule has 0 aromatic heterocycles. The van der Waals surface area contributed by atoms with E-state index in [0.29, 0.717) is 11.1 Å². The van der Waals surface area contributed by atoms with Crippen LogP contribution >= 0.6 is 15.9 Å². The molecule has 1 unspecified atom stereocenters. The van der Waals surface area contributed by atoms with E-state index in [1.54, 1.807) is 19.1 Å². The van der Waals surface area contributed by atoms with Crippen LogP contribution in [0.4, 0.5) is 4.39 Å². The Morgan fingerprint density at radius 2 is 1.88 bits per heavy atom. The molecule has 0 saturated carbocycles. The lowest BCUT2D eigenvalue weighted by molar-refractivity contribution is 0.219. The Labute approximate surface area is 108 Å². The standard InChI is InChI=1S/C14H12BrFO/c1-9-8-10(6-7-13(9)16)14(17)11-4-2-3-5-12(11)15/h2-8,14,17H,1H3. The summed E-state index contributed by atoms with van der Waals surface area (Å²) in [6.07, 6.45) is -0.745. The molecule has 2 rings (SSSR count).